The van der Waals surface area contributed by atoms with Crippen molar-refractivity contribution in [2.45, 2.75) is 6.92 Å². The molecule has 1 aromatic carbocycles. The molecular weight excluding hydrogens is 373 g/mol. The van der Waals surface area contributed by atoms with Gasteiger partial charge in [0, 0.05) is 16.3 Å². The Morgan fingerprint density at radius 2 is 1.88 bits per heavy atom. The monoisotopic (exact) mass is 395 g/mol. The van der Waals surface area contributed by atoms with Crippen molar-refractivity contribution in [1.29, 1.82) is 0 Å². The zero-order valence-corrected chi connectivity index (χ0v) is 16.3. The lowest BCUT2D eigenvalue weighted by atomic mass is 10.2. The summed E-state index contributed by atoms with van der Waals surface area (Å²) in [6, 6.07) is 12.7. The minimum atomic E-state index is -0.0533. The predicted molar refractivity (Wildman–Crippen MR) is 98.5 cm³/mol. The summed E-state index contributed by atoms with van der Waals surface area (Å²) in [5.74, 6) is 0.634. The summed E-state index contributed by atoms with van der Waals surface area (Å²) in [4.78, 5) is 20.8. The molecule has 5 nitrogen and oxygen atoms in total. The summed E-state index contributed by atoms with van der Waals surface area (Å²) >= 11 is 5.94. The third-order valence-electron chi connectivity index (χ3n) is 4.38. The molecule has 1 aliphatic rings. The Kier molecular flexibility index (Phi) is 7.85. The van der Waals surface area contributed by atoms with E-state index < -0.39 is 0 Å². The molecule has 3 rings (SSSR count). The Bertz CT molecular complexity index is 719. The number of rotatable bonds is 5. The quantitative estimate of drug-likeness (QED) is 0.677. The van der Waals surface area contributed by atoms with Crippen LogP contribution in [0.15, 0.2) is 42.5 Å². The summed E-state index contributed by atoms with van der Waals surface area (Å²) < 4.78 is 5.41. The first kappa shape index (κ1) is 20.6. The van der Waals surface area contributed by atoms with Crippen LogP contribution in [0.4, 0.5) is 5.82 Å². The van der Waals surface area contributed by atoms with Crippen LogP contribution >= 0.6 is 11.6 Å². The van der Waals surface area contributed by atoms with Crippen LogP contribution in [-0.2, 0) is 4.74 Å². The molecule has 1 fully saturated rings. The van der Waals surface area contributed by atoms with E-state index in [1.54, 1.807) is 29.2 Å². The highest BCUT2D eigenvalue weighted by molar-refractivity contribution is 6.30. The van der Waals surface area contributed by atoms with Gasteiger partial charge in [-0.15, -0.1) is 0 Å². The van der Waals surface area contributed by atoms with Gasteiger partial charge >= 0.3 is 0 Å². The van der Waals surface area contributed by atoms with Gasteiger partial charge in [-0.3, -0.25) is 9.69 Å². The highest BCUT2D eigenvalue weighted by Crippen LogP contribution is 2.16. The van der Waals surface area contributed by atoms with Gasteiger partial charge in [0.05, 0.1) is 26.3 Å². The number of aryl methyl sites for hydroxylation is 1. The van der Waals surface area contributed by atoms with Crippen molar-refractivity contribution < 1.29 is 26.8 Å². The molecule has 1 N–H and O–H groups in total. The number of hydrogen-bond donors (Lipinski definition) is 1. The number of halogens is 2. The topological polar surface area (TPSA) is 46.9 Å². The standard InChI is InChI=1S/C19H22ClN3O2.ClH/c1-15-3-2-4-18(21-15)23(10-9-22-11-13-25-14-12-22)19(24)16-5-7-17(20)8-6-16;/h2-8H,9-14H2,1H3;1H. The number of benzene rings is 1. The Morgan fingerprint density at radius 1 is 1.19 bits per heavy atom. The smallest absolute Gasteiger partial charge is 0.259 e. The first-order valence-corrected chi connectivity index (χ1v) is 8.94. The van der Waals surface area contributed by atoms with Crippen LogP contribution < -0.4 is 22.2 Å². The van der Waals surface area contributed by atoms with Gasteiger partial charge < -0.3 is 22.0 Å². The Balaban J connectivity index is 0.00000243. The maximum Gasteiger partial charge on any atom is 0.259 e. The molecule has 0 bridgehead atoms. The van der Waals surface area contributed by atoms with Crippen LogP contribution in [0.5, 0.6) is 0 Å². The summed E-state index contributed by atoms with van der Waals surface area (Å²) in [7, 11) is 0. The number of morpholine rings is 1. The van der Waals surface area contributed by atoms with Crippen molar-refractivity contribution in [3.63, 3.8) is 0 Å². The van der Waals surface area contributed by atoms with Gasteiger partial charge in [0.15, 0.2) is 0 Å². The number of carbonyl (C=O) groups excluding carboxylic acids is 1. The van der Waals surface area contributed by atoms with Gasteiger partial charge in [0.1, 0.15) is 18.9 Å². The number of nitrogens with one attached hydrogen (secondary N) is 1. The fourth-order valence-electron chi connectivity index (χ4n) is 2.93. The number of pyridine rings is 1. The lowest BCUT2D eigenvalue weighted by molar-refractivity contribution is -0.906. The first-order chi connectivity index (χ1) is 12.1. The number of ether oxygens (including phenoxy) is 1. The fraction of sp³-hybridized carbons (Fsp3) is 0.368. The number of hydrogen-bond acceptors (Lipinski definition) is 3. The second kappa shape index (κ2) is 9.88. The van der Waals surface area contributed by atoms with Crippen LogP contribution in [0.2, 0.25) is 5.02 Å². The van der Waals surface area contributed by atoms with E-state index in [9.17, 15) is 4.79 Å². The fourth-order valence-corrected chi connectivity index (χ4v) is 3.05. The van der Waals surface area contributed by atoms with E-state index in [0.29, 0.717) is 22.9 Å². The van der Waals surface area contributed by atoms with Crippen LogP contribution in [0, 0.1) is 6.92 Å². The van der Waals surface area contributed by atoms with Gasteiger partial charge in [0.25, 0.3) is 5.91 Å². The van der Waals surface area contributed by atoms with Crippen LogP contribution in [-0.4, -0.2) is 50.3 Å². The van der Waals surface area contributed by atoms with E-state index in [-0.39, 0.29) is 18.3 Å². The largest absolute Gasteiger partial charge is 1.00 e. The van der Waals surface area contributed by atoms with E-state index in [1.165, 1.54) is 4.90 Å². The van der Waals surface area contributed by atoms with Gasteiger partial charge in [-0.1, -0.05) is 17.7 Å². The average Bonchev–Trinajstić information content (AvgIpc) is 2.63. The molecule has 0 atom stereocenters. The van der Waals surface area contributed by atoms with Crippen molar-refractivity contribution in [2.24, 2.45) is 0 Å². The number of quaternary nitrogens is 1. The molecule has 2 heterocycles. The van der Waals surface area contributed by atoms with Crippen molar-refractivity contribution in [3.05, 3.63) is 58.7 Å². The Morgan fingerprint density at radius 3 is 2.54 bits per heavy atom. The van der Waals surface area contributed by atoms with E-state index in [0.717, 1.165) is 38.5 Å². The molecule has 140 valence electrons. The van der Waals surface area contributed by atoms with Crippen LogP contribution in [0.1, 0.15) is 16.1 Å². The lowest BCUT2D eigenvalue weighted by Gasteiger charge is -2.27. The number of amides is 1. The summed E-state index contributed by atoms with van der Waals surface area (Å²) in [5.41, 5.74) is 1.51. The summed E-state index contributed by atoms with van der Waals surface area (Å²) in [5, 5.41) is 0.620. The zero-order valence-electron chi connectivity index (χ0n) is 14.8. The summed E-state index contributed by atoms with van der Waals surface area (Å²) in [6.07, 6.45) is 0. The predicted octanol–water partition coefficient (Wildman–Crippen LogP) is -1.39. The van der Waals surface area contributed by atoms with Crippen molar-refractivity contribution in [3.8, 4) is 0 Å². The molecular formula is C19H23Cl2N3O2. The van der Waals surface area contributed by atoms with E-state index in [2.05, 4.69) is 4.98 Å². The summed E-state index contributed by atoms with van der Waals surface area (Å²) in [6.45, 7) is 6.94. The molecule has 0 radical (unpaired) electrons. The molecule has 1 saturated heterocycles. The molecule has 0 aliphatic carbocycles. The minimum absolute atomic E-state index is 0. The molecule has 26 heavy (non-hydrogen) atoms. The highest BCUT2D eigenvalue weighted by atomic mass is 35.5. The van der Waals surface area contributed by atoms with Crippen LogP contribution in [0.25, 0.3) is 0 Å². The normalized spacial score (nSPS) is 14.5. The van der Waals surface area contributed by atoms with Gasteiger partial charge in [-0.2, -0.15) is 0 Å². The third kappa shape index (κ3) is 5.42. The lowest BCUT2D eigenvalue weighted by Crippen LogP contribution is -3.14. The molecule has 1 aromatic heterocycles. The molecule has 0 saturated carbocycles. The van der Waals surface area contributed by atoms with E-state index >= 15 is 0 Å². The molecule has 1 aliphatic heterocycles. The SMILES string of the molecule is Cc1cccc(N(CC[NH+]2CCOCC2)C(=O)c2ccc(Cl)cc2)n1.[Cl-]. The van der Waals surface area contributed by atoms with E-state index in [4.69, 9.17) is 16.3 Å². The second-order valence-corrected chi connectivity index (χ2v) is 6.65. The Labute approximate surface area is 165 Å². The number of aromatic nitrogens is 1. The average molecular weight is 396 g/mol. The van der Waals surface area contributed by atoms with Crippen molar-refractivity contribution in [2.75, 3.05) is 44.3 Å². The van der Waals surface area contributed by atoms with Gasteiger partial charge in [-0.05, 0) is 43.3 Å². The molecule has 0 spiro atoms. The second-order valence-electron chi connectivity index (χ2n) is 6.21. The number of carbonyl (C=O) groups is 1. The maximum absolute atomic E-state index is 13.0. The van der Waals surface area contributed by atoms with Gasteiger partial charge in [-0.25, -0.2) is 4.98 Å². The van der Waals surface area contributed by atoms with Crippen LogP contribution in [0.3, 0.4) is 0 Å². The van der Waals surface area contributed by atoms with Crippen molar-refractivity contribution in [1.82, 2.24) is 4.98 Å². The number of anilines is 1. The molecule has 1 amide bonds. The first-order valence-electron chi connectivity index (χ1n) is 8.56. The zero-order chi connectivity index (χ0) is 17.6. The van der Waals surface area contributed by atoms with E-state index in [1.807, 2.05) is 25.1 Å². The highest BCUT2D eigenvalue weighted by Gasteiger charge is 2.22. The number of nitrogens with zero attached hydrogens (tertiary/aromatic N) is 2. The van der Waals surface area contributed by atoms with Gasteiger partial charge in [0.2, 0.25) is 0 Å². The molecule has 7 heteroatoms. The maximum atomic E-state index is 13.0. The molecule has 0 unspecified atom stereocenters. The molecule has 2 aromatic rings. The Hall–Kier alpha value is -1.66. The third-order valence-corrected chi connectivity index (χ3v) is 4.63. The van der Waals surface area contributed by atoms with Crippen molar-refractivity contribution >= 4 is 23.3 Å². The minimum Gasteiger partial charge on any atom is -1.00 e.